The first-order valence-corrected chi connectivity index (χ1v) is 9.06. The van der Waals surface area contributed by atoms with Crippen LogP contribution in [0.25, 0.3) is 0 Å². The molecule has 2 aromatic rings. The number of furan rings is 1. The standard InChI is InChI=1S/C10H10ClN2O6PS.Na.H/c11-10-9(2-1-4-12-10)19-20(14,15)7-13-21(16,17)8-3-5-18-6-8;;/h1-6,13H,7H2,(H,14,15);;/q;+1;-1. The Bertz CT molecular complexity index is 775. The third kappa shape index (κ3) is 5.36. The molecule has 2 N–H and O–H groups in total. The van der Waals surface area contributed by atoms with E-state index in [1.165, 1.54) is 30.7 Å². The first-order valence-electron chi connectivity index (χ1n) is 5.44. The van der Waals surface area contributed by atoms with E-state index in [9.17, 15) is 17.9 Å². The molecular weight excluding hydrogens is 366 g/mol. The second-order valence-corrected chi connectivity index (χ2v) is 7.68. The van der Waals surface area contributed by atoms with Gasteiger partial charge < -0.3 is 15.3 Å². The molecule has 0 saturated carbocycles. The van der Waals surface area contributed by atoms with E-state index in [4.69, 9.17) is 16.1 Å². The van der Waals surface area contributed by atoms with E-state index in [0.29, 0.717) is 0 Å². The maximum absolute atomic E-state index is 11.8. The van der Waals surface area contributed by atoms with Crippen molar-refractivity contribution in [2.75, 3.05) is 6.29 Å². The van der Waals surface area contributed by atoms with Crippen LogP contribution in [0, 0.1) is 0 Å². The summed E-state index contributed by atoms with van der Waals surface area (Å²) in [5.74, 6) is -0.118. The summed E-state index contributed by atoms with van der Waals surface area (Å²) in [4.78, 5) is 13.2. The molecule has 0 fully saturated rings. The van der Waals surface area contributed by atoms with E-state index >= 15 is 0 Å². The molecule has 0 aliphatic carbocycles. The second-order valence-electron chi connectivity index (χ2n) is 3.79. The molecule has 0 aliphatic heterocycles. The average Bonchev–Trinajstić information content (AvgIpc) is 2.94. The van der Waals surface area contributed by atoms with Gasteiger partial charge in [0.15, 0.2) is 10.9 Å². The van der Waals surface area contributed by atoms with Crippen molar-refractivity contribution in [3.05, 3.63) is 42.1 Å². The van der Waals surface area contributed by atoms with E-state index in [-0.39, 0.29) is 46.8 Å². The second kappa shape index (κ2) is 7.94. The van der Waals surface area contributed by atoms with Gasteiger partial charge in [-0.05, 0) is 18.2 Å². The Morgan fingerprint density at radius 3 is 2.82 bits per heavy atom. The summed E-state index contributed by atoms with van der Waals surface area (Å²) in [7, 11) is -8.24. The monoisotopic (exact) mass is 376 g/mol. The average molecular weight is 377 g/mol. The predicted molar refractivity (Wildman–Crippen MR) is 74.7 cm³/mol. The summed E-state index contributed by atoms with van der Waals surface area (Å²) in [5.41, 5.74) is 0. The number of hydrogen-bond donors (Lipinski definition) is 2. The van der Waals surface area contributed by atoms with Gasteiger partial charge in [0.05, 0.1) is 6.26 Å². The summed E-state index contributed by atoms with van der Waals surface area (Å²) in [6.07, 6.45) is 2.70. The minimum atomic E-state index is -4.28. The molecule has 12 heteroatoms. The molecule has 116 valence electrons. The van der Waals surface area contributed by atoms with Crippen LogP contribution in [-0.4, -0.2) is 24.6 Å². The molecule has 22 heavy (non-hydrogen) atoms. The van der Waals surface area contributed by atoms with Gasteiger partial charge in [0.1, 0.15) is 17.4 Å². The number of halogens is 1. The van der Waals surface area contributed by atoms with Crippen LogP contribution < -0.4 is 38.8 Å². The van der Waals surface area contributed by atoms with Gasteiger partial charge in [-0.2, -0.15) is 4.72 Å². The normalized spacial score (nSPS) is 13.9. The summed E-state index contributed by atoms with van der Waals surface area (Å²) in [5, 5.41) is -0.107. The number of aromatic nitrogens is 1. The topological polar surface area (TPSA) is 119 Å². The fourth-order valence-electron chi connectivity index (χ4n) is 1.28. The smallest absolute Gasteiger partial charge is 1.00 e. The molecule has 0 aliphatic rings. The van der Waals surface area contributed by atoms with Gasteiger partial charge in [-0.1, -0.05) is 11.6 Å². The third-order valence-corrected chi connectivity index (χ3v) is 5.14. The quantitative estimate of drug-likeness (QED) is 0.375. The number of rotatable bonds is 6. The zero-order valence-electron chi connectivity index (χ0n) is 12.3. The summed E-state index contributed by atoms with van der Waals surface area (Å²) in [6, 6.07) is 3.99. The Balaban J connectivity index is 0.00000242. The van der Waals surface area contributed by atoms with Gasteiger partial charge in [-0.15, -0.1) is 0 Å². The van der Waals surface area contributed by atoms with Gasteiger partial charge in [0.25, 0.3) is 0 Å². The minimum absolute atomic E-state index is 0. The largest absolute Gasteiger partial charge is 1.00 e. The van der Waals surface area contributed by atoms with Gasteiger partial charge in [0.2, 0.25) is 10.0 Å². The van der Waals surface area contributed by atoms with Crippen molar-refractivity contribution in [1.29, 1.82) is 0 Å². The van der Waals surface area contributed by atoms with Gasteiger partial charge in [-0.25, -0.2) is 18.0 Å². The molecule has 0 bridgehead atoms. The van der Waals surface area contributed by atoms with E-state index in [2.05, 4.69) is 9.40 Å². The van der Waals surface area contributed by atoms with Crippen molar-refractivity contribution in [3.63, 3.8) is 0 Å². The molecule has 0 spiro atoms. The van der Waals surface area contributed by atoms with E-state index < -0.39 is 23.9 Å². The molecule has 1 unspecified atom stereocenters. The van der Waals surface area contributed by atoms with Crippen molar-refractivity contribution in [3.8, 4) is 5.75 Å². The Morgan fingerprint density at radius 1 is 1.50 bits per heavy atom. The number of hydrogen-bond acceptors (Lipinski definition) is 6. The van der Waals surface area contributed by atoms with Crippen molar-refractivity contribution >= 4 is 29.2 Å². The van der Waals surface area contributed by atoms with Crippen molar-refractivity contribution in [2.24, 2.45) is 0 Å². The van der Waals surface area contributed by atoms with Crippen LogP contribution in [0.2, 0.25) is 5.15 Å². The summed E-state index contributed by atoms with van der Waals surface area (Å²) < 4.78 is 46.8. The van der Waals surface area contributed by atoms with Crippen LogP contribution in [0.15, 0.2) is 46.2 Å². The molecule has 0 saturated heterocycles. The Kier molecular flexibility index (Phi) is 7.10. The molecular formula is C10H11ClN2NaO6PS. The Hall–Kier alpha value is -0.380. The number of nitrogens with zero attached hydrogens (tertiary/aromatic N) is 1. The first-order chi connectivity index (χ1) is 9.80. The Morgan fingerprint density at radius 2 is 2.23 bits per heavy atom. The van der Waals surface area contributed by atoms with Crippen LogP contribution >= 0.6 is 19.2 Å². The molecule has 1 atom stereocenters. The number of sulfonamides is 1. The summed E-state index contributed by atoms with van der Waals surface area (Å²) >= 11 is 5.68. The predicted octanol–water partition coefficient (Wildman–Crippen LogP) is -1.06. The van der Waals surface area contributed by atoms with Crippen molar-refractivity contribution in [1.82, 2.24) is 9.71 Å². The molecule has 0 radical (unpaired) electrons. The maximum atomic E-state index is 11.8. The molecule has 2 rings (SSSR count). The van der Waals surface area contributed by atoms with Gasteiger partial charge >= 0.3 is 37.2 Å². The number of pyridine rings is 1. The minimum Gasteiger partial charge on any atom is -1.00 e. The molecule has 8 nitrogen and oxygen atoms in total. The van der Waals surface area contributed by atoms with E-state index in [1.807, 2.05) is 4.72 Å². The van der Waals surface area contributed by atoms with E-state index in [0.717, 1.165) is 6.26 Å². The zero-order valence-corrected chi connectivity index (χ0v) is 15.8. The van der Waals surface area contributed by atoms with Crippen molar-refractivity contribution < 1.29 is 57.8 Å². The van der Waals surface area contributed by atoms with Gasteiger partial charge in [-0.3, -0.25) is 0 Å². The molecule has 0 amide bonds. The van der Waals surface area contributed by atoms with Gasteiger partial charge in [0, 0.05) is 6.20 Å². The van der Waals surface area contributed by atoms with Crippen LogP contribution in [-0.2, 0) is 14.6 Å². The number of nitrogens with one attached hydrogen (secondary N) is 1. The maximum Gasteiger partial charge on any atom is 1.00 e. The summed E-state index contributed by atoms with van der Waals surface area (Å²) in [6.45, 7) is 0. The zero-order chi connectivity index (χ0) is 15.5. The molecule has 2 heterocycles. The van der Waals surface area contributed by atoms with E-state index in [1.54, 1.807) is 0 Å². The third-order valence-electron chi connectivity index (χ3n) is 2.23. The molecule has 2 aromatic heterocycles. The molecule has 0 aromatic carbocycles. The van der Waals surface area contributed by atoms with Crippen molar-refractivity contribution in [2.45, 2.75) is 4.90 Å². The fraction of sp³-hybridized carbons (Fsp3) is 0.100. The van der Waals surface area contributed by atoms with Crippen LogP contribution in [0.3, 0.4) is 0 Å². The SMILES string of the molecule is O=P(O)(CNS(=O)(=O)c1ccoc1)Oc1cccnc1Cl.[H-].[Na+]. The first kappa shape index (κ1) is 19.7. The fourth-order valence-corrected chi connectivity index (χ4v) is 3.93. The van der Waals surface area contributed by atoms with Crippen LogP contribution in [0.5, 0.6) is 5.75 Å². The Labute approximate surface area is 155 Å². The van der Waals surface area contributed by atoms with Crippen LogP contribution in [0.1, 0.15) is 1.43 Å². The van der Waals surface area contributed by atoms with Crippen LogP contribution in [0.4, 0.5) is 0 Å².